The normalized spacial score (nSPS) is 11.5. The first-order valence-corrected chi connectivity index (χ1v) is 7.68. The van der Waals surface area contributed by atoms with E-state index >= 15 is 0 Å². The Bertz CT molecular complexity index is 920. The number of nitriles is 1. The molecule has 24 heavy (non-hydrogen) atoms. The number of hydrogen-bond acceptors (Lipinski definition) is 5. The Hall–Kier alpha value is -2.73. The first-order chi connectivity index (χ1) is 11.4. The lowest BCUT2D eigenvalue weighted by molar-refractivity contribution is -0.140. The molecule has 3 rings (SSSR count). The minimum absolute atomic E-state index is 0.131. The summed E-state index contributed by atoms with van der Waals surface area (Å²) in [5.41, 5.74) is 0.233. The van der Waals surface area contributed by atoms with Gasteiger partial charge in [-0.25, -0.2) is 4.98 Å². The molecular formula is C15H10F3N5S. The minimum Gasteiger partial charge on any atom is -0.304 e. The zero-order chi connectivity index (χ0) is 17.3. The van der Waals surface area contributed by atoms with Gasteiger partial charge in [0.2, 0.25) is 0 Å². The van der Waals surface area contributed by atoms with Crippen LogP contribution in [0.1, 0.15) is 22.1 Å². The lowest BCUT2D eigenvalue weighted by atomic mass is 10.1. The zero-order valence-electron chi connectivity index (χ0n) is 12.4. The van der Waals surface area contributed by atoms with Crippen LogP contribution in [-0.2, 0) is 12.7 Å². The molecule has 0 radical (unpaired) electrons. The zero-order valence-corrected chi connectivity index (χ0v) is 13.2. The molecule has 0 unspecified atom stereocenters. The number of halogens is 3. The van der Waals surface area contributed by atoms with E-state index in [1.165, 1.54) is 0 Å². The molecule has 0 aliphatic rings. The second-order valence-corrected chi connectivity index (χ2v) is 5.92. The van der Waals surface area contributed by atoms with E-state index in [4.69, 9.17) is 5.26 Å². The second-order valence-electron chi connectivity index (χ2n) is 4.97. The van der Waals surface area contributed by atoms with E-state index in [0.717, 1.165) is 16.7 Å². The van der Waals surface area contributed by atoms with Crippen molar-refractivity contribution < 1.29 is 13.2 Å². The summed E-state index contributed by atoms with van der Waals surface area (Å²) >= 11 is 0.935. The van der Waals surface area contributed by atoms with Gasteiger partial charge in [0.05, 0.1) is 18.2 Å². The van der Waals surface area contributed by atoms with Gasteiger partial charge in [-0.15, -0.1) is 21.5 Å². The van der Waals surface area contributed by atoms with Crippen molar-refractivity contribution in [2.45, 2.75) is 19.6 Å². The van der Waals surface area contributed by atoms with Crippen LogP contribution in [0, 0.1) is 18.3 Å². The monoisotopic (exact) mass is 349 g/mol. The second kappa shape index (κ2) is 6.05. The molecule has 0 N–H and O–H groups in total. The van der Waals surface area contributed by atoms with E-state index < -0.39 is 11.9 Å². The number of rotatable bonds is 3. The highest BCUT2D eigenvalue weighted by Crippen LogP contribution is 2.30. The van der Waals surface area contributed by atoms with Crippen LogP contribution in [-0.4, -0.2) is 19.7 Å². The highest BCUT2D eigenvalue weighted by Gasteiger charge is 2.33. The number of alkyl halides is 3. The van der Waals surface area contributed by atoms with Gasteiger partial charge in [-0.2, -0.15) is 18.4 Å². The first kappa shape index (κ1) is 16.1. The molecule has 9 heteroatoms. The quantitative estimate of drug-likeness (QED) is 0.724. The predicted octanol–water partition coefficient (Wildman–Crippen LogP) is 3.65. The van der Waals surface area contributed by atoms with E-state index in [2.05, 4.69) is 15.2 Å². The van der Waals surface area contributed by atoms with Crippen molar-refractivity contribution >= 4 is 11.3 Å². The van der Waals surface area contributed by atoms with Crippen molar-refractivity contribution in [1.29, 1.82) is 5.26 Å². The largest absolute Gasteiger partial charge is 0.434 e. The standard InChI is InChI=1S/C15H10F3N5S/c1-9-21-22-14(11-4-2-3-10(5-11)6-19)23(9)7-13-20-12(8-24-13)15(16,17)18/h2-5,8H,7H2,1H3. The van der Waals surface area contributed by atoms with E-state index in [1.54, 1.807) is 35.8 Å². The highest BCUT2D eigenvalue weighted by atomic mass is 32.1. The molecule has 0 saturated carbocycles. The number of aromatic nitrogens is 4. The van der Waals surface area contributed by atoms with E-state index in [1.807, 2.05) is 6.07 Å². The first-order valence-electron chi connectivity index (χ1n) is 6.80. The fourth-order valence-electron chi connectivity index (χ4n) is 2.16. The molecule has 2 heterocycles. The van der Waals surface area contributed by atoms with Gasteiger partial charge in [0.1, 0.15) is 10.8 Å². The minimum atomic E-state index is -4.46. The molecular weight excluding hydrogens is 339 g/mol. The van der Waals surface area contributed by atoms with Crippen LogP contribution in [0.4, 0.5) is 13.2 Å². The summed E-state index contributed by atoms with van der Waals surface area (Å²) in [6.07, 6.45) is -4.46. The molecule has 0 aliphatic heterocycles. The van der Waals surface area contributed by atoms with Crippen LogP contribution in [0.3, 0.4) is 0 Å². The summed E-state index contributed by atoms with van der Waals surface area (Å²) in [5, 5.41) is 18.3. The topological polar surface area (TPSA) is 67.4 Å². The maximum Gasteiger partial charge on any atom is 0.434 e. The number of thiazole rings is 1. The van der Waals surface area contributed by atoms with Gasteiger partial charge in [-0.3, -0.25) is 0 Å². The van der Waals surface area contributed by atoms with Crippen LogP contribution in [0.5, 0.6) is 0 Å². The maximum absolute atomic E-state index is 12.7. The van der Waals surface area contributed by atoms with Crippen LogP contribution < -0.4 is 0 Å². The Morgan fingerprint density at radius 2 is 2.08 bits per heavy atom. The third-order valence-electron chi connectivity index (χ3n) is 3.32. The van der Waals surface area contributed by atoms with Gasteiger partial charge < -0.3 is 4.57 Å². The third kappa shape index (κ3) is 3.14. The van der Waals surface area contributed by atoms with Crippen LogP contribution in [0.25, 0.3) is 11.4 Å². The average Bonchev–Trinajstić information content (AvgIpc) is 3.16. The smallest absolute Gasteiger partial charge is 0.304 e. The molecule has 1 aromatic carbocycles. The number of benzene rings is 1. The molecule has 0 spiro atoms. The number of nitrogens with zero attached hydrogens (tertiary/aromatic N) is 5. The summed E-state index contributed by atoms with van der Waals surface area (Å²) in [5.74, 6) is 1.03. The Morgan fingerprint density at radius 1 is 1.29 bits per heavy atom. The van der Waals surface area contributed by atoms with Gasteiger partial charge >= 0.3 is 6.18 Å². The summed E-state index contributed by atoms with van der Waals surface area (Å²) in [4.78, 5) is 3.63. The van der Waals surface area contributed by atoms with Gasteiger partial charge in [0.15, 0.2) is 11.5 Å². The Morgan fingerprint density at radius 3 is 2.75 bits per heavy atom. The van der Waals surface area contributed by atoms with Gasteiger partial charge in [-0.05, 0) is 19.1 Å². The SMILES string of the molecule is Cc1nnc(-c2cccc(C#N)c2)n1Cc1nc(C(F)(F)F)cs1. The van der Waals surface area contributed by atoms with Crippen molar-refractivity contribution in [3.8, 4) is 17.5 Å². The lowest BCUT2D eigenvalue weighted by Crippen LogP contribution is -2.08. The van der Waals surface area contributed by atoms with Gasteiger partial charge in [-0.1, -0.05) is 12.1 Å². The molecule has 0 bridgehead atoms. The maximum atomic E-state index is 12.7. The van der Waals surface area contributed by atoms with Crippen LogP contribution >= 0.6 is 11.3 Å². The molecule has 0 fully saturated rings. The van der Waals surface area contributed by atoms with E-state index in [9.17, 15) is 13.2 Å². The van der Waals surface area contributed by atoms with Crippen LogP contribution in [0.2, 0.25) is 0 Å². The Labute approximate surface area is 139 Å². The average molecular weight is 349 g/mol. The Kier molecular flexibility index (Phi) is 4.07. The summed E-state index contributed by atoms with van der Waals surface area (Å²) in [6, 6.07) is 8.84. The van der Waals surface area contributed by atoms with Crippen molar-refractivity contribution in [3.63, 3.8) is 0 Å². The third-order valence-corrected chi connectivity index (χ3v) is 4.15. The van der Waals surface area contributed by atoms with Gasteiger partial charge in [0, 0.05) is 10.9 Å². The van der Waals surface area contributed by atoms with Crippen molar-refractivity contribution in [2.24, 2.45) is 0 Å². The van der Waals surface area contributed by atoms with Gasteiger partial charge in [0.25, 0.3) is 0 Å². The summed E-state index contributed by atoms with van der Waals surface area (Å²) in [7, 11) is 0. The van der Waals surface area contributed by atoms with E-state index in [0.29, 0.717) is 27.8 Å². The van der Waals surface area contributed by atoms with Crippen molar-refractivity contribution in [2.75, 3.05) is 0 Å². The number of hydrogen-bond donors (Lipinski definition) is 0. The molecule has 122 valence electrons. The molecule has 0 atom stereocenters. The van der Waals surface area contributed by atoms with Crippen LogP contribution in [0.15, 0.2) is 29.6 Å². The molecule has 0 aliphatic carbocycles. The highest BCUT2D eigenvalue weighted by molar-refractivity contribution is 7.09. The molecule has 0 saturated heterocycles. The summed E-state index contributed by atoms with van der Waals surface area (Å²) < 4.78 is 39.7. The number of aryl methyl sites for hydroxylation is 1. The lowest BCUT2D eigenvalue weighted by Gasteiger charge is -2.07. The molecule has 0 amide bonds. The Balaban J connectivity index is 1.96. The predicted molar refractivity (Wildman–Crippen MR) is 81.1 cm³/mol. The molecule has 2 aromatic heterocycles. The fraction of sp³-hybridized carbons (Fsp3) is 0.200. The fourth-order valence-corrected chi connectivity index (χ4v) is 2.95. The van der Waals surface area contributed by atoms with E-state index in [-0.39, 0.29) is 6.54 Å². The summed E-state index contributed by atoms with van der Waals surface area (Å²) in [6.45, 7) is 1.84. The van der Waals surface area contributed by atoms with Crippen molar-refractivity contribution in [3.05, 3.63) is 51.7 Å². The molecule has 3 aromatic rings. The molecule has 5 nitrogen and oxygen atoms in total. The van der Waals surface area contributed by atoms with Crippen molar-refractivity contribution in [1.82, 2.24) is 19.7 Å².